The second kappa shape index (κ2) is 3.34. The molecule has 0 unspecified atom stereocenters. The van der Waals surface area contributed by atoms with Crippen LogP contribution in [0.3, 0.4) is 0 Å². The van der Waals surface area contributed by atoms with Gasteiger partial charge in [0.2, 0.25) is 14.2 Å². The summed E-state index contributed by atoms with van der Waals surface area (Å²) in [4.78, 5) is 0. The van der Waals surface area contributed by atoms with Crippen molar-refractivity contribution in [2.24, 2.45) is 0 Å². The molecule has 0 N–H and O–H groups in total. The number of nitrogens with zero attached hydrogens (tertiary/aromatic N) is 2. The van der Waals surface area contributed by atoms with E-state index in [0.717, 1.165) is 37.0 Å². The summed E-state index contributed by atoms with van der Waals surface area (Å²) in [6, 6.07) is 0. The minimum atomic E-state index is -3.15. The quantitative estimate of drug-likeness (QED) is 0.749. The zero-order chi connectivity index (χ0) is 9.31. The van der Waals surface area contributed by atoms with Crippen molar-refractivity contribution in [3.05, 3.63) is 5.51 Å². The van der Waals surface area contributed by atoms with Gasteiger partial charge in [0.1, 0.15) is 5.51 Å². The lowest BCUT2D eigenvalue weighted by Gasteiger charge is -2.06. The van der Waals surface area contributed by atoms with Crippen molar-refractivity contribution >= 4 is 21.2 Å². The molecular formula is C7H10N2O2S2. The lowest BCUT2D eigenvalue weighted by Crippen LogP contribution is -2.17. The molecule has 0 spiro atoms. The highest BCUT2D eigenvalue weighted by atomic mass is 32.2. The molecule has 1 aromatic rings. The van der Waals surface area contributed by atoms with Crippen molar-refractivity contribution in [2.45, 2.75) is 35.3 Å². The maximum Gasteiger partial charge on any atom is 0.232 e. The van der Waals surface area contributed by atoms with Crippen molar-refractivity contribution in [3.63, 3.8) is 0 Å². The molecule has 2 rings (SSSR count). The third-order valence-corrected chi connectivity index (χ3v) is 5.71. The molecule has 1 aliphatic rings. The first kappa shape index (κ1) is 9.08. The topological polar surface area (TPSA) is 59.9 Å². The molecule has 0 atom stereocenters. The molecule has 4 nitrogen and oxygen atoms in total. The van der Waals surface area contributed by atoms with Crippen molar-refractivity contribution in [3.8, 4) is 0 Å². The summed E-state index contributed by atoms with van der Waals surface area (Å²) in [6.07, 6.45) is 3.59. The minimum absolute atomic E-state index is 0.180. The second-order valence-corrected chi connectivity index (χ2v) is 6.39. The summed E-state index contributed by atoms with van der Waals surface area (Å²) in [5, 5.41) is 6.95. The van der Waals surface area contributed by atoms with E-state index in [-0.39, 0.29) is 9.59 Å². The summed E-state index contributed by atoms with van der Waals surface area (Å²) < 4.78 is 23.8. The molecule has 0 aliphatic heterocycles. The smallest absolute Gasteiger partial charge is 0.221 e. The summed E-state index contributed by atoms with van der Waals surface area (Å²) in [6.45, 7) is 0. The van der Waals surface area contributed by atoms with E-state index >= 15 is 0 Å². The SMILES string of the molecule is O=S(=O)(c1nncs1)C1CCCC1. The predicted octanol–water partition coefficient (Wildman–Crippen LogP) is 1.25. The van der Waals surface area contributed by atoms with E-state index in [1.165, 1.54) is 5.51 Å². The predicted molar refractivity (Wildman–Crippen MR) is 49.4 cm³/mol. The van der Waals surface area contributed by atoms with E-state index in [4.69, 9.17) is 0 Å². The molecule has 0 aromatic carbocycles. The number of hydrogen-bond donors (Lipinski definition) is 0. The van der Waals surface area contributed by atoms with Gasteiger partial charge in [0.05, 0.1) is 5.25 Å². The fraction of sp³-hybridized carbons (Fsp3) is 0.714. The molecule has 72 valence electrons. The van der Waals surface area contributed by atoms with Crippen LogP contribution in [0.15, 0.2) is 9.85 Å². The number of aromatic nitrogens is 2. The van der Waals surface area contributed by atoms with Gasteiger partial charge in [0.15, 0.2) is 0 Å². The van der Waals surface area contributed by atoms with Crippen LogP contribution in [0, 0.1) is 0 Å². The Morgan fingerprint density at radius 2 is 2.08 bits per heavy atom. The van der Waals surface area contributed by atoms with E-state index in [0.29, 0.717) is 0 Å². The average Bonchev–Trinajstić information content (AvgIpc) is 2.78. The van der Waals surface area contributed by atoms with Crippen molar-refractivity contribution in [2.75, 3.05) is 0 Å². The maximum atomic E-state index is 11.8. The van der Waals surface area contributed by atoms with Crippen LogP contribution in [0.1, 0.15) is 25.7 Å². The second-order valence-electron chi connectivity index (χ2n) is 3.16. The van der Waals surface area contributed by atoms with E-state index in [1.807, 2.05) is 0 Å². The Balaban J connectivity index is 2.30. The lowest BCUT2D eigenvalue weighted by atomic mass is 10.4. The van der Waals surface area contributed by atoms with Gasteiger partial charge in [-0.05, 0) is 12.8 Å². The van der Waals surface area contributed by atoms with Gasteiger partial charge in [0.25, 0.3) is 0 Å². The summed E-state index contributed by atoms with van der Waals surface area (Å²) in [5.41, 5.74) is 1.46. The summed E-state index contributed by atoms with van der Waals surface area (Å²) >= 11 is 1.11. The highest BCUT2D eigenvalue weighted by molar-refractivity contribution is 7.93. The standard InChI is InChI=1S/C7H10N2O2S2/c10-13(11,6-3-1-2-4-6)7-9-8-5-12-7/h5-6H,1-4H2. The third kappa shape index (κ3) is 1.60. The first-order chi connectivity index (χ1) is 6.21. The molecule has 0 saturated heterocycles. The van der Waals surface area contributed by atoms with Crippen LogP contribution in [0.5, 0.6) is 0 Å². The van der Waals surface area contributed by atoms with E-state index in [2.05, 4.69) is 10.2 Å². The molecule has 0 bridgehead atoms. The molecule has 1 aliphatic carbocycles. The normalized spacial score (nSPS) is 19.4. The van der Waals surface area contributed by atoms with Gasteiger partial charge >= 0.3 is 0 Å². The molecule has 1 aromatic heterocycles. The molecule has 6 heteroatoms. The first-order valence-corrected chi connectivity index (χ1v) is 6.64. The van der Waals surface area contributed by atoms with E-state index < -0.39 is 9.84 Å². The third-order valence-electron chi connectivity index (χ3n) is 2.32. The highest BCUT2D eigenvalue weighted by Gasteiger charge is 2.32. The number of sulfone groups is 1. The fourth-order valence-electron chi connectivity index (χ4n) is 1.63. The van der Waals surface area contributed by atoms with Gasteiger partial charge in [-0.15, -0.1) is 10.2 Å². The molecule has 1 fully saturated rings. The van der Waals surface area contributed by atoms with Crippen molar-refractivity contribution in [1.29, 1.82) is 0 Å². The zero-order valence-electron chi connectivity index (χ0n) is 7.01. The Labute approximate surface area is 80.9 Å². The van der Waals surface area contributed by atoms with Gasteiger partial charge < -0.3 is 0 Å². The van der Waals surface area contributed by atoms with Crippen LogP contribution in [-0.4, -0.2) is 23.9 Å². The van der Waals surface area contributed by atoms with Gasteiger partial charge in [0, 0.05) is 0 Å². The molecule has 0 radical (unpaired) electrons. The Bertz CT molecular complexity index is 365. The van der Waals surface area contributed by atoms with Gasteiger partial charge in [-0.25, -0.2) is 8.42 Å². The van der Waals surface area contributed by atoms with Crippen LogP contribution < -0.4 is 0 Å². The molecule has 0 amide bonds. The molecular weight excluding hydrogens is 208 g/mol. The van der Waals surface area contributed by atoms with Crippen LogP contribution in [0.25, 0.3) is 0 Å². The van der Waals surface area contributed by atoms with Crippen LogP contribution in [-0.2, 0) is 9.84 Å². The fourth-order valence-corrected chi connectivity index (χ4v) is 4.38. The van der Waals surface area contributed by atoms with Gasteiger partial charge in [-0.1, -0.05) is 24.2 Å². The van der Waals surface area contributed by atoms with E-state index in [9.17, 15) is 8.42 Å². The van der Waals surface area contributed by atoms with Crippen molar-refractivity contribution < 1.29 is 8.42 Å². The summed E-state index contributed by atoms with van der Waals surface area (Å²) in [5.74, 6) is 0. The zero-order valence-corrected chi connectivity index (χ0v) is 8.64. The van der Waals surface area contributed by atoms with Gasteiger partial charge in [-0.2, -0.15) is 0 Å². The van der Waals surface area contributed by atoms with Crippen LogP contribution in [0.2, 0.25) is 0 Å². The van der Waals surface area contributed by atoms with Crippen molar-refractivity contribution in [1.82, 2.24) is 10.2 Å². The first-order valence-electron chi connectivity index (χ1n) is 4.21. The molecule has 1 heterocycles. The largest absolute Gasteiger partial charge is 0.232 e. The van der Waals surface area contributed by atoms with E-state index in [1.54, 1.807) is 0 Å². The number of rotatable bonds is 2. The minimum Gasteiger partial charge on any atom is -0.221 e. The summed E-state index contributed by atoms with van der Waals surface area (Å²) in [7, 11) is -3.15. The Hall–Kier alpha value is -0.490. The Morgan fingerprint density at radius 3 is 2.62 bits per heavy atom. The number of hydrogen-bond acceptors (Lipinski definition) is 5. The molecule has 13 heavy (non-hydrogen) atoms. The highest BCUT2D eigenvalue weighted by Crippen LogP contribution is 2.29. The Kier molecular flexibility index (Phi) is 2.33. The molecule has 1 saturated carbocycles. The monoisotopic (exact) mass is 218 g/mol. The lowest BCUT2D eigenvalue weighted by molar-refractivity contribution is 0.577. The van der Waals surface area contributed by atoms with Crippen LogP contribution >= 0.6 is 11.3 Å². The van der Waals surface area contributed by atoms with Crippen LogP contribution in [0.4, 0.5) is 0 Å². The maximum absolute atomic E-state index is 11.8. The van der Waals surface area contributed by atoms with Gasteiger partial charge in [-0.3, -0.25) is 0 Å². The Morgan fingerprint density at radius 1 is 1.38 bits per heavy atom. The average molecular weight is 218 g/mol.